The van der Waals surface area contributed by atoms with Crippen LogP contribution in [0.4, 0.5) is 8.78 Å². The second-order valence-corrected chi connectivity index (χ2v) is 2.96. The molecule has 1 amide bonds. The predicted molar refractivity (Wildman–Crippen MR) is 49.8 cm³/mol. The average Bonchev–Trinajstić information content (AvgIpc) is 2.23. The Morgan fingerprint density at radius 2 is 2.13 bits per heavy atom. The van der Waals surface area contributed by atoms with E-state index in [1.54, 1.807) is 0 Å². The quantitative estimate of drug-likeness (QED) is 0.715. The van der Waals surface area contributed by atoms with Crippen molar-refractivity contribution in [3.05, 3.63) is 35.4 Å². The molecular weight excluding hydrogens is 204 g/mol. The summed E-state index contributed by atoms with van der Waals surface area (Å²) in [5, 5.41) is 0.963. The summed E-state index contributed by atoms with van der Waals surface area (Å²) in [5.41, 5.74) is 0.0175. The molecule has 0 fully saturated rings. The highest BCUT2D eigenvalue weighted by molar-refractivity contribution is 5.77. The van der Waals surface area contributed by atoms with E-state index in [0.717, 1.165) is 11.1 Å². The van der Waals surface area contributed by atoms with Crippen LogP contribution in [0.5, 0.6) is 0 Å². The van der Waals surface area contributed by atoms with E-state index in [-0.39, 0.29) is 12.0 Å². The van der Waals surface area contributed by atoms with Crippen LogP contribution in [0.3, 0.4) is 0 Å². The van der Waals surface area contributed by atoms with Gasteiger partial charge in [0.25, 0.3) is 0 Å². The van der Waals surface area contributed by atoms with Gasteiger partial charge in [-0.1, -0.05) is 12.1 Å². The molecule has 1 rings (SSSR count). The van der Waals surface area contributed by atoms with E-state index in [1.807, 2.05) is 0 Å². The Hall–Kier alpha value is -1.49. The van der Waals surface area contributed by atoms with Crippen LogP contribution in [0.15, 0.2) is 18.2 Å². The van der Waals surface area contributed by atoms with Crippen LogP contribution in [-0.4, -0.2) is 25.1 Å². The molecule has 82 valence electrons. The first-order chi connectivity index (χ1) is 7.06. The van der Waals surface area contributed by atoms with Crippen LogP contribution < -0.4 is 0 Å². The highest BCUT2D eigenvalue weighted by Gasteiger charge is 2.14. The first-order valence-electron chi connectivity index (χ1n) is 4.29. The molecule has 0 aliphatic carbocycles. The fraction of sp³-hybridized carbons (Fsp3) is 0.300. The Kier molecular flexibility index (Phi) is 3.74. The first kappa shape index (κ1) is 11.6. The van der Waals surface area contributed by atoms with E-state index in [9.17, 15) is 13.6 Å². The number of benzene rings is 1. The molecule has 0 bridgehead atoms. The number of carbonyl (C=O) groups is 1. The van der Waals surface area contributed by atoms with E-state index in [0.29, 0.717) is 0 Å². The van der Waals surface area contributed by atoms with Crippen molar-refractivity contribution in [2.45, 2.75) is 6.42 Å². The summed E-state index contributed by atoms with van der Waals surface area (Å²) in [7, 11) is 2.72. The molecule has 5 heteroatoms. The van der Waals surface area contributed by atoms with Crippen molar-refractivity contribution in [3.8, 4) is 0 Å². The molecule has 0 aromatic heterocycles. The van der Waals surface area contributed by atoms with Crippen LogP contribution in [0.25, 0.3) is 0 Å². The van der Waals surface area contributed by atoms with Gasteiger partial charge in [-0.2, -0.15) is 0 Å². The molecule has 0 unspecified atom stereocenters. The Balaban J connectivity index is 2.81. The molecule has 0 aliphatic rings. The lowest BCUT2D eigenvalue weighted by Crippen LogP contribution is -2.27. The third kappa shape index (κ3) is 2.73. The highest BCUT2D eigenvalue weighted by Crippen LogP contribution is 2.12. The molecule has 0 spiro atoms. The summed E-state index contributed by atoms with van der Waals surface area (Å²) >= 11 is 0. The van der Waals surface area contributed by atoms with Crippen molar-refractivity contribution in [1.82, 2.24) is 5.06 Å². The van der Waals surface area contributed by atoms with E-state index in [1.165, 1.54) is 26.3 Å². The van der Waals surface area contributed by atoms with E-state index >= 15 is 0 Å². The van der Waals surface area contributed by atoms with Crippen LogP contribution in [0.2, 0.25) is 0 Å². The minimum absolute atomic E-state index is 0.0175. The summed E-state index contributed by atoms with van der Waals surface area (Å²) in [4.78, 5) is 15.9. The molecule has 1 aromatic rings. The molecule has 1 aromatic carbocycles. The monoisotopic (exact) mass is 215 g/mol. The van der Waals surface area contributed by atoms with E-state index in [4.69, 9.17) is 0 Å². The molecule has 0 N–H and O–H groups in total. The van der Waals surface area contributed by atoms with Crippen LogP contribution in [0.1, 0.15) is 5.56 Å². The predicted octanol–water partition coefficient (Wildman–Crippen LogP) is 1.53. The maximum absolute atomic E-state index is 13.1. The van der Waals surface area contributed by atoms with Gasteiger partial charge in [-0.3, -0.25) is 9.63 Å². The molecule has 0 atom stereocenters. The van der Waals surface area contributed by atoms with Crippen molar-refractivity contribution in [2.24, 2.45) is 0 Å². The second-order valence-electron chi connectivity index (χ2n) is 2.96. The van der Waals surface area contributed by atoms with Gasteiger partial charge in [0.1, 0.15) is 0 Å². The van der Waals surface area contributed by atoms with Gasteiger partial charge in [0, 0.05) is 12.6 Å². The number of hydrogen-bond donors (Lipinski definition) is 0. The Labute approximate surface area is 86.2 Å². The van der Waals surface area contributed by atoms with Gasteiger partial charge in [-0.25, -0.2) is 13.8 Å². The van der Waals surface area contributed by atoms with Crippen LogP contribution in [-0.2, 0) is 16.1 Å². The molecule has 0 saturated heterocycles. The number of halogens is 2. The van der Waals surface area contributed by atoms with Gasteiger partial charge >= 0.3 is 0 Å². The van der Waals surface area contributed by atoms with Gasteiger partial charge in [-0.15, -0.1) is 0 Å². The number of nitrogens with zero attached hydrogens (tertiary/aromatic N) is 1. The minimum Gasteiger partial charge on any atom is -0.275 e. The minimum atomic E-state index is -0.990. The Morgan fingerprint density at radius 3 is 2.73 bits per heavy atom. The lowest BCUT2D eigenvalue weighted by atomic mass is 10.1. The van der Waals surface area contributed by atoms with Gasteiger partial charge in [-0.05, 0) is 6.07 Å². The molecule has 0 heterocycles. The van der Waals surface area contributed by atoms with Gasteiger partial charge < -0.3 is 0 Å². The van der Waals surface area contributed by atoms with Crippen LogP contribution in [0, 0.1) is 11.6 Å². The summed E-state index contributed by atoms with van der Waals surface area (Å²) < 4.78 is 25.9. The summed E-state index contributed by atoms with van der Waals surface area (Å²) in [5.74, 6) is -2.39. The number of rotatable bonds is 3. The number of carbonyl (C=O) groups excluding carboxylic acids is 1. The molecule has 15 heavy (non-hydrogen) atoms. The number of amides is 1. The highest BCUT2D eigenvalue weighted by atomic mass is 19.2. The zero-order valence-corrected chi connectivity index (χ0v) is 8.46. The molecule has 0 aliphatic heterocycles. The molecular formula is C10H11F2NO2. The standard InChI is InChI=1S/C10H11F2NO2/c1-13(15-2)9(14)6-7-4-3-5-8(11)10(7)12/h3-5H,6H2,1-2H3. The van der Waals surface area contributed by atoms with Crippen molar-refractivity contribution in [1.29, 1.82) is 0 Å². The smallest absolute Gasteiger partial charge is 0.250 e. The van der Waals surface area contributed by atoms with E-state index in [2.05, 4.69) is 4.84 Å². The van der Waals surface area contributed by atoms with Crippen LogP contribution >= 0.6 is 0 Å². The third-order valence-electron chi connectivity index (χ3n) is 2.00. The fourth-order valence-electron chi connectivity index (χ4n) is 1.06. The van der Waals surface area contributed by atoms with Gasteiger partial charge in [0.05, 0.1) is 13.5 Å². The lowest BCUT2D eigenvalue weighted by molar-refractivity contribution is -0.167. The zero-order chi connectivity index (χ0) is 11.4. The molecule has 0 saturated carbocycles. The number of hydroxylamine groups is 2. The van der Waals surface area contributed by atoms with Gasteiger partial charge in [0.15, 0.2) is 11.6 Å². The van der Waals surface area contributed by atoms with E-state index < -0.39 is 17.5 Å². The molecule has 3 nitrogen and oxygen atoms in total. The average molecular weight is 215 g/mol. The van der Waals surface area contributed by atoms with Crippen molar-refractivity contribution >= 4 is 5.91 Å². The lowest BCUT2D eigenvalue weighted by Gasteiger charge is -2.13. The SMILES string of the molecule is CON(C)C(=O)Cc1cccc(F)c1F. The summed E-state index contributed by atoms with van der Waals surface area (Å²) in [6, 6.07) is 3.72. The maximum Gasteiger partial charge on any atom is 0.250 e. The summed E-state index contributed by atoms with van der Waals surface area (Å²) in [6.07, 6.45) is -0.228. The summed E-state index contributed by atoms with van der Waals surface area (Å²) in [6.45, 7) is 0. The largest absolute Gasteiger partial charge is 0.275 e. The second kappa shape index (κ2) is 4.84. The topological polar surface area (TPSA) is 29.5 Å². The van der Waals surface area contributed by atoms with Crippen molar-refractivity contribution < 1.29 is 18.4 Å². The Bertz CT molecular complexity index is 368. The van der Waals surface area contributed by atoms with Crippen molar-refractivity contribution in [3.63, 3.8) is 0 Å². The zero-order valence-electron chi connectivity index (χ0n) is 8.46. The van der Waals surface area contributed by atoms with Crippen molar-refractivity contribution in [2.75, 3.05) is 14.2 Å². The Morgan fingerprint density at radius 1 is 1.47 bits per heavy atom. The maximum atomic E-state index is 13.1. The number of hydrogen-bond acceptors (Lipinski definition) is 2. The van der Waals surface area contributed by atoms with Gasteiger partial charge in [0.2, 0.25) is 5.91 Å². The fourth-order valence-corrected chi connectivity index (χ4v) is 1.06. The third-order valence-corrected chi connectivity index (χ3v) is 2.00. The first-order valence-corrected chi connectivity index (χ1v) is 4.29. The molecule has 0 radical (unpaired) electrons. The number of likely N-dealkylation sites (N-methyl/N-ethyl adjacent to an activating group) is 1. The normalized spacial score (nSPS) is 10.1.